The molecule has 0 atom stereocenters. The van der Waals surface area contributed by atoms with Gasteiger partial charge in [-0.2, -0.15) is 0 Å². The molecule has 66 valence electrons. The predicted octanol–water partition coefficient (Wildman–Crippen LogP) is 0.982. The van der Waals surface area contributed by atoms with Crippen molar-refractivity contribution in [3.63, 3.8) is 0 Å². The first-order chi connectivity index (χ1) is 5.77. The molecule has 0 aliphatic carbocycles. The van der Waals surface area contributed by atoms with E-state index in [4.69, 9.17) is 4.74 Å². The third-order valence-electron chi connectivity index (χ3n) is 2.23. The van der Waals surface area contributed by atoms with Crippen LogP contribution in [0.4, 0.5) is 0 Å². The van der Waals surface area contributed by atoms with Crippen molar-refractivity contribution in [2.45, 2.75) is 20.0 Å². The summed E-state index contributed by atoms with van der Waals surface area (Å²) in [4.78, 5) is 3.15. The molecule has 1 saturated heterocycles. The molecule has 0 amide bonds. The smallest absolute Gasteiger partial charge is 0.143 e. The number of nitrogens with one attached hydrogen (secondary N) is 2. The average molecular weight is 166 g/mol. The van der Waals surface area contributed by atoms with Crippen LogP contribution in [0.2, 0.25) is 0 Å². The Morgan fingerprint density at radius 2 is 2.17 bits per heavy atom. The summed E-state index contributed by atoms with van der Waals surface area (Å²) in [6.45, 7) is 6.05. The van der Waals surface area contributed by atoms with Crippen molar-refractivity contribution >= 4 is 0 Å². The highest BCUT2D eigenvalue weighted by molar-refractivity contribution is 5.36. The van der Waals surface area contributed by atoms with Crippen LogP contribution in [0.5, 0.6) is 5.75 Å². The Morgan fingerprint density at radius 3 is 2.58 bits per heavy atom. The fraction of sp³-hybridized carbons (Fsp3) is 0.556. The van der Waals surface area contributed by atoms with Gasteiger partial charge >= 0.3 is 0 Å². The quantitative estimate of drug-likeness (QED) is 0.687. The van der Waals surface area contributed by atoms with Gasteiger partial charge in [0.15, 0.2) is 0 Å². The Labute approximate surface area is 72.1 Å². The van der Waals surface area contributed by atoms with E-state index in [-0.39, 0.29) is 0 Å². The fourth-order valence-electron chi connectivity index (χ4n) is 1.34. The van der Waals surface area contributed by atoms with Crippen LogP contribution in [0.15, 0.2) is 6.20 Å². The largest absolute Gasteiger partial charge is 0.486 e. The number of aromatic amines is 1. The van der Waals surface area contributed by atoms with Gasteiger partial charge in [-0.1, -0.05) is 0 Å². The van der Waals surface area contributed by atoms with Gasteiger partial charge in [0.05, 0.1) is 5.69 Å². The second-order valence-corrected chi connectivity index (χ2v) is 3.32. The summed E-state index contributed by atoms with van der Waals surface area (Å²) in [6, 6.07) is 0. The molecule has 12 heavy (non-hydrogen) atoms. The van der Waals surface area contributed by atoms with Gasteiger partial charge in [-0.25, -0.2) is 0 Å². The third-order valence-corrected chi connectivity index (χ3v) is 2.23. The lowest BCUT2D eigenvalue weighted by Gasteiger charge is -2.28. The van der Waals surface area contributed by atoms with E-state index in [1.54, 1.807) is 0 Å². The number of aryl methyl sites for hydroxylation is 2. The maximum absolute atomic E-state index is 5.76. The second kappa shape index (κ2) is 2.83. The topological polar surface area (TPSA) is 37.0 Å². The Balaban J connectivity index is 2.10. The molecule has 1 aromatic heterocycles. The molecule has 0 spiro atoms. The zero-order valence-electron chi connectivity index (χ0n) is 7.48. The zero-order valence-corrected chi connectivity index (χ0v) is 7.48. The number of rotatable bonds is 2. The average Bonchev–Trinajstić information content (AvgIpc) is 2.25. The predicted molar refractivity (Wildman–Crippen MR) is 47.6 cm³/mol. The molecule has 0 saturated carbocycles. The lowest BCUT2D eigenvalue weighted by molar-refractivity contribution is 0.140. The van der Waals surface area contributed by atoms with Crippen molar-refractivity contribution < 1.29 is 4.74 Å². The molecular weight excluding hydrogens is 152 g/mol. The summed E-state index contributed by atoms with van der Waals surface area (Å²) >= 11 is 0. The van der Waals surface area contributed by atoms with Crippen molar-refractivity contribution in [1.82, 2.24) is 10.3 Å². The molecule has 3 heteroatoms. The summed E-state index contributed by atoms with van der Waals surface area (Å²) in [6.07, 6.45) is 2.36. The van der Waals surface area contributed by atoms with Crippen LogP contribution in [0.25, 0.3) is 0 Å². The molecule has 0 radical (unpaired) electrons. The van der Waals surface area contributed by atoms with Gasteiger partial charge in [-0.15, -0.1) is 0 Å². The normalized spacial score (nSPS) is 17.5. The second-order valence-electron chi connectivity index (χ2n) is 3.32. The van der Waals surface area contributed by atoms with E-state index in [2.05, 4.69) is 17.2 Å². The number of hydrogen-bond donors (Lipinski definition) is 2. The third kappa shape index (κ3) is 1.20. The Bertz CT molecular complexity index is 257. The molecule has 2 rings (SSSR count). The fourth-order valence-corrected chi connectivity index (χ4v) is 1.34. The summed E-state index contributed by atoms with van der Waals surface area (Å²) in [5.41, 5.74) is 2.32. The van der Waals surface area contributed by atoms with Crippen molar-refractivity contribution in [3.05, 3.63) is 17.5 Å². The van der Waals surface area contributed by atoms with E-state index in [1.807, 2.05) is 13.1 Å². The number of aromatic nitrogens is 1. The van der Waals surface area contributed by atoms with Gasteiger partial charge in [-0.3, -0.25) is 0 Å². The van der Waals surface area contributed by atoms with Crippen molar-refractivity contribution in [2.75, 3.05) is 13.1 Å². The van der Waals surface area contributed by atoms with Gasteiger partial charge in [0, 0.05) is 24.8 Å². The molecule has 0 unspecified atom stereocenters. The molecule has 1 aromatic rings. The van der Waals surface area contributed by atoms with E-state index in [9.17, 15) is 0 Å². The first kappa shape index (κ1) is 7.68. The van der Waals surface area contributed by atoms with Crippen molar-refractivity contribution in [1.29, 1.82) is 0 Å². The van der Waals surface area contributed by atoms with E-state index in [0.29, 0.717) is 6.10 Å². The van der Waals surface area contributed by atoms with Crippen LogP contribution in [-0.4, -0.2) is 24.2 Å². The molecule has 0 aromatic carbocycles. The van der Waals surface area contributed by atoms with Gasteiger partial charge in [-0.05, 0) is 13.8 Å². The van der Waals surface area contributed by atoms with Crippen LogP contribution < -0.4 is 10.1 Å². The molecule has 1 aliphatic heterocycles. The number of ether oxygens (including phenoxy) is 1. The Kier molecular flexibility index (Phi) is 1.81. The molecule has 1 aliphatic rings. The molecular formula is C9H14N2O. The summed E-state index contributed by atoms with van der Waals surface area (Å²) in [7, 11) is 0. The van der Waals surface area contributed by atoms with E-state index < -0.39 is 0 Å². The summed E-state index contributed by atoms with van der Waals surface area (Å²) < 4.78 is 5.76. The van der Waals surface area contributed by atoms with Crippen LogP contribution in [0.1, 0.15) is 11.3 Å². The first-order valence-electron chi connectivity index (χ1n) is 4.29. The minimum atomic E-state index is 0.373. The number of H-pyrrole nitrogens is 1. The molecule has 2 heterocycles. The van der Waals surface area contributed by atoms with Crippen LogP contribution >= 0.6 is 0 Å². The van der Waals surface area contributed by atoms with E-state index >= 15 is 0 Å². The highest BCUT2D eigenvalue weighted by atomic mass is 16.5. The number of hydrogen-bond acceptors (Lipinski definition) is 2. The monoisotopic (exact) mass is 166 g/mol. The van der Waals surface area contributed by atoms with E-state index in [1.165, 1.54) is 5.56 Å². The minimum absolute atomic E-state index is 0.373. The lowest BCUT2D eigenvalue weighted by Crippen LogP contribution is -2.50. The van der Waals surface area contributed by atoms with Crippen molar-refractivity contribution in [3.8, 4) is 5.75 Å². The van der Waals surface area contributed by atoms with Crippen molar-refractivity contribution in [2.24, 2.45) is 0 Å². The van der Waals surface area contributed by atoms with Gasteiger partial charge in [0.25, 0.3) is 0 Å². The molecule has 3 nitrogen and oxygen atoms in total. The highest BCUT2D eigenvalue weighted by Gasteiger charge is 2.20. The highest BCUT2D eigenvalue weighted by Crippen LogP contribution is 2.23. The molecule has 1 fully saturated rings. The van der Waals surface area contributed by atoms with Crippen LogP contribution in [-0.2, 0) is 0 Å². The Morgan fingerprint density at radius 1 is 1.42 bits per heavy atom. The molecule has 0 bridgehead atoms. The van der Waals surface area contributed by atoms with Crippen LogP contribution in [0, 0.1) is 13.8 Å². The maximum atomic E-state index is 5.76. The standard InChI is InChI=1S/C9H14N2O/c1-6-3-11-7(2)9(6)12-8-4-10-5-8/h3,8,10-11H,4-5H2,1-2H3. The Hall–Kier alpha value is -0.960. The first-order valence-corrected chi connectivity index (χ1v) is 4.29. The van der Waals surface area contributed by atoms with E-state index in [0.717, 1.165) is 24.5 Å². The summed E-state index contributed by atoms with van der Waals surface area (Å²) in [5.74, 6) is 1.03. The SMILES string of the molecule is Cc1c[nH]c(C)c1OC1CNC1. The zero-order chi connectivity index (χ0) is 8.55. The van der Waals surface area contributed by atoms with Gasteiger partial charge in [0.1, 0.15) is 11.9 Å². The summed E-state index contributed by atoms with van der Waals surface area (Å²) in [5, 5.41) is 3.18. The van der Waals surface area contributed by atoms with Gasteiger partial charge < -0.3 is 15.0 Å². The van der Waals surface area contributed by atoms with Crippen LogP contribution in [0.3, 0.4) is 0 Å². The minimum Gasteiger partial charge on any atom is -0.486 e. The maximum Gasteiger partial charge on any atom is 0.143 e. The molecule has 2 N–H and O–H groups in total. The lowest BCUT2D eigenvalue weighted by atomic mass is 10.2. The van der Waals surface area contributed by atoms with Gasteiger partial charge in [0.2, 0.25) is 0 Å².